The van der Waals surface area contributed by atoms with E-state index in [1.807, 2.05) is 24.3 Å². The van der Waals surface area contributed by atoms with Gasteiger partial charge in [-0.1, -0.05) is 41.4 Å². The van der Waals surface area contributed by atoms with Crippen LogP contribution in [0.15, 0.2) is 55.1 Å². The van der Waals surface area contributed by atoms with Crippen LogP contribution >= 0.6 is 23.2 Å². The number of carbonyl (C=O) groups excluding carboxylic acids is 1. The summed E-state index contributed by atoms with van der Waals surface area (Å²) in [6.07, 6.45) is 3.14. The minimum Gasteiger partial charge on any atom is -0.322 e. The Balaban J connectivity index is 1.70. The van der Waals surface area contributed by atoms with Crippen LogP contribution in [0.2, 0.25) is 10.0 Å². The fourth-order valence-electron chi connectivity index (χ4n) is 2.07. The van der Waals surface area contributed by atoms with Gasteiger partial charge in [-0.2, -0.15) is 5.10 Å². The third-order valence-corrected chi connectivity index (χ3v) is 4.04. The number of amides is 1. The molecule has 7 heteroatoms. The zero-order chi connectivity index (χ0) is 16.2. The van der Waals surface area contributed by atoms with Gasteiger partial charge in [0.05, 0.1) is 22.2 Å². The van der Waals surface area contributed by atoms with E-state index in [1.54, 1.807) is 29.2 Å². The number of nitrogens with one attached hydrogen (secondary N) is 1. The molecule has 23 heavy (non-hydrogen) atoms. The number of hydrogen-bond donors (Lipinski definition) is 1. The molecular formula is C16H12Cl2N4O. The van der Waals surface area contributed by atoms with Crippen molar-refractivity contribution in [2.24, 2.45) is 0 Å². The molecule has 3 rings (SSSR count). The second kappa shape index (κ2) is 6.81. The second-order valence-corrected chi connectivity index (χ2v) is 5.63. The summed E-state index contributed by atoms with van der Waals surface area (Å²) in [6.45, 7) is 0.619. The van der Waals surface area contributed by atoms with E-state index in [0.29, 0.717) is 22.8 Å². The van der Waals surface area contributed by atoms with Crippen molar-refractivity contribution in [2.75, 3.05) is 5.32 Å². The minimum atomic E-state index is -0.304. The van der Waals surface area contributed by atoms with Crippen LogP contribution in [-0.4, -0.2) is 20.7 Å². The number of halogens is 2. The second-order valence-electron chi connectivity index (χ2n) is 4.85. The molecule has 1 amide bonds. The van der Waals surface area contributed by atoms with Crippen LogP contribution in [0.1, 0.15) is 15.9 Å². The van der Waals surface area contributed by atoms with E-state index < -0.39 is 0 Å². The molecule has 0 aliphatic carbocycles. The molecular weight excluding hydrogens is 335 g/mol. The molecule has 0 saturated carbocycles. The summed E-state index contributed by atoms with van der Waals surface area (Å²) in [7, 11) is 0. The van der Waals surface area contributed by atoms with Gasteiger partial charge in [0.2, 0.25) is 0 Å². The first-order valence-electron chi connectivity index (χ1n) is 6.80. The van der Waals surface area contributed by atoms with Gasteiger partial charge in [-0.05, 0) is 29.8 Å². The Bertz CT molecular complexity index is 817. The molecule has 0 atom stereocenters. The van der Waals surface area contributed by atoms with Crippen LogP contribution in [0.3, 0.4) is 0 Å². The van der Waals surface area contributed by atoms with E-state index >= 15 is 0 Å². The van der Waals surface area contributed by atoms with E-state index in [2.05, 4.69) is 15.4 Å². The average molecular weight is 347 g/mol. The monoisotopic (exact) mass is 346 g/mol. The third kappa shape index (κ3) is 3.70. The highest BCUT2D eigenvalue weighted by atomic mass is 35.5. The number of anilines is 1. The first-order valence-corrected chi connectivity index (χ1v) is 7.56. The van der Waals surface area contributed by atoms with Crippen molar-refractivity contribution in [1.29, 1.82) is 0 Å². The Morgan fingerprint density at radius 1 is 1.13 bits per heavy atom. The Morgan fingerprint density at radius 2 is 1.91 bits per heavy atom. The van der Waals surface area contributed by atoms with Crippen LogP contribution < -0.4 is 5.32 Å². The van der Waals surface area contributed by atoms with Gasteiger partial charge in [-0.25, -0.2) is 9.67 Å². The number of aromatic nitrogens is 3. The molecule has 1 N–H and O–H groups in total. The fraction of sp³-hybridized carbons (Fsp3) is 0.0625. The van der Waals surface area contributed by atoms with Crippen LogP contribution in [0.5, 0.6) is 0 Å². The van der Waals surface area contributed by atoms with Crippen molar-refractivity contribution in [1.82, 2.24) is 14.8 Å². The minimum absolute atomic E-state index is 0.245. The van der Waals surface area contributed by atoms with Crippen LogP contribution in [0, 0.1) is 0 Å². The zero-order valence-corrected chi connectivity index (χ0v) is 13.4. The molecule has 3 aromatic rings. The van der Waals surface area contributed by atoms with E-state index in [9.17, 15) is 4.79 Å². The molecule has 0 saturated heterocycles. The fourth-order valence-corrected chi connectivity index (χ4v) is 2.46. The molecule has 0 spiro atoms. The number of benzene rings is 2. The Kier molecular flexibility index (Phi) is 4.60. The lowest BCUT2D eigenvalue weighted by Crippen LogP contribution is -2.12. The highest BCUT2D eigenvalue weighted by Crippen LogP contribution is 2.26. The molecule has 0 fully saturated rings. The topological polar surface area (TPSA) is 59.8 Å². The van der Waals surface area contributed by atoms with Crippen molar-refractivity contribution in [3.8, 4) is 0 Å². The summed E-state index contributed by atoms with van der Waals surface area (Å²) in [6, 6.07) is 12.4. The maximum absolute atomic E-state index is 12.3. The highest BCUT2D eigenvalue weighted by Gasteiger charge is 2.12. The number of rotatable bonds is 4. The first-order chi connectivity index (χ1) is 11.1. The van der Waals surface area contributed by atoms with Crippen molar-refractivity contribution < 1.29 is 4.79 Å². The molecule has 0 bridgehead atoms. The average Bonchev–Trinajstić information content (AvgIpc) is 3.05. The first kappa shape index (κ1) is 15.5. The van der Waals surface area contributed by atoms with Gasteiger partial charge in [-0.3, -0.25) is 4.79 Å². The van der Waals surface area contributed by atoms with Gasteiger partial charge in [-0.15, -0.1) is 0 Å². The van der Waals surface area contributed by atoms with Gasteiger partial charge in [0.1, 0.15) is 12.7 Å². The number of nitrogens with zero attached hydrogens (tertiary/aromatic N) is 3. The Labute approximate surface area is 142 Å². The smallest absolute Gasteiger partial charge is 0.257 e. The maximum atomic E-state index is 12.3. The molecule has 116 valence electrons. The van der Waals surface area contributed by atoms with Gasteiger partial charge < -0.3 is 5.32 Å². The van der Waals surface area contributed by atoms with Crippen molar-refractivity contribution >= 4 is 34.8 Å². The lowest BCUT2D eigenvalue weighted by atomic mass is 10.2. The summed E-state index contributed by atoms with van der Waals surface area (Å²) in [5, 5.41) is 7.44. The summed E-state index contributed by atoms with van der Waals surface area (Å²) in [5.74, 6) is -0.304. The van der Waals surface area contributed by atoms with E-state index in [1.165, 1.54) is 6.33 Å². The largest absolute Gasteiger partial charge is 0.322 e. The summed E-state index contributed by atoms with van der Waals surface area (Å²) < 4.78 is 1.72. The molecule has 5 nitrogen and oxygen atoms in total. The van der Waals surface area contributed by atoms with Gasteiger partial charge in [0, 0.05) is 5.69 Å². The molecule has 0 radical (unpaired) electrons. The quantitative estimate of drug-likeness (QED) is 0.779. The number of hydrogen-bond acceptors (Lipinski definition) is 3. The van der Waals surface area contributed by atoms with E-state index in [-0.39, 0.29) is 10.9 Å². The zero-order valence-electron chi connectivity index (χ0n) is 11.9. The summed E-state index contributed by atoms with van der Waals surface area (Å²) >= 11 is 12.0. The number of carbonyl (C=O) groups is 1. The molecule has 0 unspecified atom stereocenters. The highest BCUT2D eigenvalue weighted by molar-refractivity contribution is 6.44. The van der Waals surface area contributed by atoms with Gasteiger partial charge >= 0.3 is 0 Å². The third-order valence-electron chi connectivity index (χ3n) is 3.22. The molecule has 0 aliphatic heterocycles. The molecule has 1 aromatic heterocycles. The normalized spacial score (nSPS) is 10.5. The van der Waals surface area contributed by atoms with E-state index in [4.69, 9.17) is 23.2 Å². The SMILES string of the molecule is O=C(Nc1ccc(Cn2cncn2)cc1)c1cccc(Cl)c1Cl. The Morgan fingerprint density at radius 3 is 2.61 bits per heavy atom. The van der Waals surface area contributed by atoms with Crippen LogP contribution in [0.25, 0.3) is 0 Å². The van der Waals surface area contributed by atoms with Crippen molar-refractivity contribution in [2.45, 2.75) is 6.54 Å². The van der Waals surface area contributed by atoms with Crippen molar-refractivity contribution in [3.63, 3.8) is 0 Å². The Hall–Kier alpha value is -2.37. The lowest BCUT2D eigenvalue weighted by molar-refractivity contribution is 0.102. The van der Waals surface area contributed by atoms with E-state index in [0.717, 1.165) is 5.56 Å². The summed E-state index contributed by atoms with van der Waals surface area (Å²) in [5.41, 5.74) is 2.06. The predicted molar refractivity (Wildman–Crippen MR) is 90.0 cm³/mol. The molecule has 2 aromatic carbocycles. The molecule has 0 aliphatic rings. The lowest BCUT2D eigenvalue weighted by Gasteiger charge is -2.08. The molecule has 1 heterocycles. The van der Waals surface area contributed by atoms with Gasteiger partial charge in [0.15, 0.2) is 0 Å². The van der Waals surface area contributed by atoms with Gasteiger partial charge in [0.25, 0.3) is 5.91 Å². The van der Waals surface area contributed by atoms with Crippen LogP contribution in [0.4, 0.5) is 5.69 Å². The predicted octanol–water partition coefficient (Wildman–Crippen LogP) is 3.89. The van der Waals surface area contributed by atoms with Crippen molar-refractivity contribution in [3.05, 3.63) is 76.3 Å². The maximum Gasteiger partial charge on any atom is 0.257 e. The van der Waals surface area contributed by atoms with Crippen LogP contribution in [-0.2, 0) is 6.54 Å². The summed E-state index contributed by atoms with van der Waals surface area (Å²) in [4.78, 5) is 16.1. The standard InChI is InChI=1S/C16H12Cl2N4O/c17-14-3-1-2-13(15(14)18)16(23)21-12-6-4-11(5-7-12)8-22-10-19-9-20-22/h1-7,9-10H,8H2,(H,21,23).